The second kappa shape index (κ2) is 8.17. The average Bonchev–Trinajstić information content (AvgIpc) is 3.28. The monoisotopic (exact) mass is 386 g/mol. The molecule has 27 heavy (non-hydrogen) atoms. The van der Waals surface area contributed by atoms with Crippen LogP contribution in [0.25, 0.3) is 0 Å². The summed E-state index contributed by atoms with van der Waals surface area (Å²) in [6.45, 7) is 5.11. The van der Waals surface area contributed by atoms with Crippen LogP contribution in [-0.4, -0.2) is 62.2 Å². The Morgan fingerprint density at radius 2 is 1.81 bits per heavy atom. The molecule has 2 saturated heterocycles. The summed E-state index contributed by atoms with van der Waals surface area (Å²) in [6, 6.07) is 8.10. The Balaban J connectivity index is 1.30. The third-order valence-electron chi connectivity index (χ3n) is 5.55. The highest BCUT2D eigenvalue weighted by molar-refractivity contribution is 7.13. The van der Waals surface area contributed by atoms with Gasteiger partial charge in [0.05, 0.1) is 12.8 Å². The fourth-order valence-electron chi connectivity index (χ4n) is 4.01. The Bertz CT molecular complexity index is 751. The number of carbonyl (C=O) groups excluding carboxylic acids is 1. The van der Waals surface area contributed by atoms with E-state index in [1.807, 2.05) is 29.8 Å². The van der Waals surface area contributed by atoms with Crippen LogP contribution in [0.3, 0.4) is 0 Å². The Hall–Kier alpha value is -2.28. The van der Waals surface area contributed by atoms with Gasteiger partial charge in [-0.25, -0.2) is 4.98 Å². The number of methoxy groups -OCH3 is 1. The number of hydrogen-bond donors (Lipinski definition) is 0. The van der Waals surface area contributed by atoms with Gasteiger partial charge >= 0.3 is 0 Å². The van der Waals surface area contributed by atoms with Gasteiger partial charge < -0.3 is 19.4 Å². The first kappa shape index (κ1) is 18.1. The molecule has 1 aromatic carbocycles. The maximum atomic E-state index is 13.0. The SMILES string of the molecule is COc1ccccc1N1CCN(C(=O)C2CCN(c3nccs3)CC2)CC1. The van der Waals surface area contributed by atoms with Crippen LogP contribution in [0.15, 0.2) is 35.8 Å². The normalized spacial score (nSPS) is 18.6. The van der Waals surface area contributed by atoms with Gasteiger partial charge in [0.2, 0.25) is 5.91 Å². The number of nitrogens with zero attached hydrogens (tertiary/aromatic N) is 4. The summed E-state index contributed by atoms with van der Waals surface area (Å²) >= 11 is 1.67. The van der Waals surface area contributed by atoms with Crippen molar-refractivity contribution in [3.05, 3.63) is 35.8 Å². The van der Waals surface area contributed by atoms with Crippen molar-refractivity contribution in [1.82, 2.24) is 9.88 Å². The van der Waals surface area contributed by atoms with Crippen LogP contribution in [0.5, 0.6) is 5.75 Å². The summed E-state index contributed by atoms with van der Waals surface area (Å²) in [5.41, 5.74) is 1.11. The van der Waals surface area contributed by atoms with Gasteiger partial charge in [-0.2, -0.15) is 0 Å². The standard InChI is InChI=1S/C20H26N4O2S/c1-26-18-5-3-2-4-17(18)22-11-13-23(14-12-22)19(25)16-6-9-24(10-7-16)20-21-8-15-27-20/h2-5,8,15-16H,6-7,9-14H2,1H3. The van der Waals surface area contributed by atoms with Crippen molar-refractivity contribution >= 4 is 28.1 Å². The fourth-order valence-corrected chi connectivity index (χ4v) is 4.70. The topological polar surface area (TPSA) is 48.9 Å². The third-order valence-corrected chi connectivity index (χ3v) is 6.38. The van der Waals surface area contributed by atoms with Gasteiger partial charge in [0.25, 0.3) is 0 Å². The van der Waals surface area contributed by atoms with Crippen LogP contribution >= 0.6 is 11.3 Å². The lowest BCUT2D eigenvalue weighted by Crippen LogP contribution is -2.51. The smallest absolute Gasteiger partial charge is 0.225 e. The lowest BCUT2D eigenvalue weighted by atomic mass is 9.95. The molecule has 3 heterocycles. The number of piperidine rings is 1. The number of piperazine rings is 1. The maximum absolute atomic E-state index is 13.0. The summed E-state index contributed by atoms with van der Waals surface area (Å²) in [5.74, 6) is 1.37. The van der Waals surface area contributed by atoms with Crippen LogP contribution < -0.4 is 14.5 Å². The maximum Gasteiger partial charge on any atom is 0.225 e. The van der Waals surface area contributed by atoms with Crippen molar-refractivity contribution in [1.29, 1.82) is 0 Å². The molecule has 0 unspecified atom stereocenters. The van der Waals surface area contributed by atoms with E-state index >= 15 is 0 Å². The highest BCUT2D eigenvalue weighted by Gasteiger charge is 2.31. The molecule has 4 rings (SSSR count). The van der Waals surface area contributed by atoms with Crippen LogP contribution in [-0.2, 0) is 4.79 Å². The van der Waals surface area contributed by atoms with Gasteiger partial charge in [-0.05, 0) is 25.0 Å². The predicted molar refractivity (Wildman–Crippen MR) is 109 cm³/mol. The highest BCUT2D eigenvalue weighted by atomic mass is 32.1. The number of hydrogen-bond acceptors (Lipinski definition) is 6. The second-order valence-corrected chi connectivity index (χ2v) is 7.93. The molecule has 2 aliphatic heterocycles. The quantitative estimate of drug-likeness (QED) is 0.809. The second-order valence-electron chi connectivity index (χ2n) is 7.06. The largest absolute Gasteiger partial charge is 0.495 e. The molecular weight excluding hydrogens is 360 g/mol. The van der Waals surface area contributed by atoms with Crippen LogP contribution in [0, 0.1) is 5.92 Å². The van der Waals surface area contributed by atoms with E-state index in [0.717, 1.165) is 68.7 Å². The van der Waals surface area contributed by atoms with Crippen LogP contribution in [0.1, 0.15) is 12.8 Å². The molecule has 7 heteroatoms. The number of carbonyl (C=O) groups is 1. The summed E-state index contributed by atoms with van der Waals surface area (Å²) < 4.78 is 5.48. The van der Waals surface area contributed by atoms with Gasteiger partial charge in [0, 0.05) is 56.8 Å². The van der Waals surface area contributed by atoms with Crippen molar-refractivity contribution < 1.29 is 9.53 Å². The molecule has 0 atom stereocenters. The Kier molecular flexibility index (Phi) is 5.48. The molecule has 2 aliphatic rings. The summed E-state index contributed by atoms with van der Waals surface area (Å²) in [5, 5.41) is 3.08. The summed E-state index contributed by atoms with van der Waals surface area (Å²) in [6.07, 6.45) is 3.69. The van der Waals surface area contributed by atoms with Crippen molar-refractivity contribution in [2.24, 2.45) is 5.92 Å². The number of thiazole rings is 1. The van der Waals surface area contributed by atoms with E-state index in [9.17, 15) is 4.79 Å². The molecule has 0 radical (unpaired) electrons. The van der Waals surface area contributed by atoms with E-state index < -0.39 is 0 Å². The molecule has 1 amide bonds. The number of rotatable bonds is 4. The van der Waals surface area contributed by atoms with Gasteiger partial charge in [-0.1, -0.05) is 12.1 Å². The number of para-hydroxylation sites is 2. The number of benzene rings is 1. The lowest BCUT2D eigenvalue weighted by molar-refractivity contribution is -0.136. The minimum atomic E-state index is 0.152. The first-order chi connectivity index (χ1) is 13.3. The van der Waals surface area contributed by atoms with E-state index in [4.69, 9.17) is 4.74 Å². The zero-order valence-electron chi connectivity index (χ0n) is 15.7. The number of aromatic nitrogens is 1. The van der Waals surface area contributed by atoms with Gasteiger partial charge in [-0.3, -0.25) is 4.79 Å². The van der Waals surface area contributed by atoms with Gasteiger partial charge in [0.1, 0.15) is 5.75 Å². The van der Waals surface area contributed by atoms with Crippen LogP contribution in [0.2, 0.25) is 0 Å². The number of anilines is 2. The van der Waals surface area contributed by atoms with Crippen molar-refractivity contribution in [2.45, 2.75) is 12.8 Å². The Morgan fingerprint density at radius 3 is 2.48 bits per heavy atom. The van der Waals surface area contributed by atoms with Crippen LogP contribution in [0.4, 0.5) is 10.8 Å². The zero-order valence-corrected chi connectivity index (χ0v) is 16.5. The number of ether oxygens (including phenoxy) is 1. The van der Waals surface area contributed by atoms with E-state index in [2.05, 4.69) is 25.8 Å². The molecule has 0 bridgehead atoms. The first-order valence-electron chi connectivity index (χ1n) is 9.57. The molecule has 0 saturated carbocycles. The molecule has 1 aromatic heterocycles. The number of amides is 1. The Morgan fingerprint density at radius 1 is 1.07 bits per heavy atom. The minimum Gasteiger partial charge on any atom is -0.495 e. The Labute approximate surface area is 164 Å². The minimum absolute atomic E-state index is 0.152. The molecule has 0 N–H and O–H groups in total. The van der Waals surface area contributed by atoms with E-state index in [1.165, 1.54) is 0 Å². The van der Waals surface area contributed by atoms with E-state index in [0.29, 0.717) is 5.91 Å². The summed E-state index contributed by atoms with van der Waals surface area (Å²) in [4.78, 5) is 24.0. The van der Waals surface area contributed by atoms with Crippen molar-refractivity contribution in [3.8, 4) is 5.75 Å². The molecule has 0 spiro atoms. The van der Waals surface area contributed by atoms with Crippen molar-refractivity contribution in [2.75, 3.05) is 56.2 Å². The lowest BCUT2D eigenvalue weighted by Gasteiger charge is -2.39. The molecule has 0 aliphatic carbocycles. The van der Waals surface area contributed by atoms with Gasteiger partial charge in [0.15, 0.2) is 5.13 Å². The molecule has 2 aromatic rings. The molecule has 2 fully saturated rings. The molecular formula is C20H26N4O2S. The third kappa shape index (κ3) is 3.88. The van der Waals surface area contributed by atoms with Crippen molar-refractivity contribution in [3.63, 3.8) is 0 Å². The average molecular weight is 387 g/mol. The summed E-state index contributed by atoms with van der Waals surface area (Å²) in [7, 11) is 1.71. The predicted octanol–water partition coefficient (Wildman–Crippen LogP) is 2.72. The first-order valence-corrected chi connectivity index (χ1v) is 10.5. The fraction of sp³-hybridized carbons (Fsp3) is 0.500. The van der Waals surface area contributed by atoms with Gasteiger partial charge in [-0.15, -0.1) is 11.3 Å². The highest BCUT2D eigenvalue weighted by Crippen LogP contribution is 2.30. The molecule has 144 valence electrons. The molecule has 6 nitrogen and oxygen atoms in total. The van der Waals surface area contributed by atoms with E-state index in [1.54, 1.807) is 18.4 Å². The van der Waals surface area contributed by atoms with E-state index in [-0.39, 0.29) is 5.92 Å². The zero-order chi connectivity index (χ0) is 18.6.